The van der Waals surface area contributed by atoms with Crippen molar-refractivity contribution in [1.82, 2.24) is 5.32 Å². The van der Waals surface area contributed by atoms with Crippen LogP contribution in [0.15, 0.2) is 18.2 Å². The van der Waals surface area contributed by atoms with Crippen LogP contribution in [0.4, 0.5) is 8.78 Å². The minimum absolute atomic E-state index is 0.0309. The van der Waals surface area contributed by atoms with Crippen molar-refractivity contribution in [3.63, 3.8) is 0 Å². The molecule has 0 heterocycles. The molecule has 2 aliphatic carbocycles. The van der Waals surface area contributed by atoms with Crippen LogP contribution in [0.3, 0.4) is 0 Å². The summed E-state index contributed by atoms with van der Waals surface area (Å²) >= 11 is 0. The largest absolute Gasteiger partial charge is 0.491 e. The molecular weight excluding hydrogens is 318 g/mol. The lowest BCUT2D eigenvalue weighted by atomic mass is 9.84. The SMILES string of the molecule is NC1C2CCC(C2)C1C(=O)NCC(O)COc1ccc(F)c(F)c1. The average molecular weight is 340 g/mol. The van der Waals surface area contributed by atoms with E-state index in [1.54, 1.807) is 0 Å². The first kappa shape index (κ1) is 17.1. The number of amides is 1. The van der Waals surface area contributed by atoms with Gasteiger partial charge in [-0.1, -0.05) is 0 Å². The second-order valence-corrected chi connectivity index (χ2v) is 6.72. The maximum atomic E-state index is 13.1. The number of carbonyl (C=O) groups is 1. The van der Waals surface area contributed by atoms with Gasteiger partial charge in [-0.3, -0.25) is 4.79 Å². The van der Waals surface area contributed by atoms with E-state index in [-0.39, 0.29) is 36.8 Å². The molecule has 5 nitrogen and oxygen atoms in total. The molecule has 0 radical (unpaired) electrons. The number of halogens is 2. The van der Waals surface area contributed by atoms with Gasteiger partial charge in [0.05, 0.1) is 5.92 Å². The van der Waals surface area contributed by atoms with Crippen LogP contribution < -0.4 is 15.8 Å². The highest BCUT2D eigenvalue weighted by Crippen LogP contribution is 2.47. The van der Waals surface area contributed by atoms with Crippen molar-refractivity contribution in [2.24, 2.45) is 23.5 Å². The van der Waals surface area contributed by atoms with Crippen LogP contribution in [0.2, 0.25) is 0 Å². The van der Waals surface area contributed by atoms with Crippen molar-refractivity contribution in [2.75, 3.05) is 13.2 Å². The molecule has 2 fully saturated rings. The van der Waals surface area contributed by atoms with Gasteiger partial charge in [0.15, 0.2) is 11.6 Å². The number of hydrogen-bond acceptors (Lipinski definition) is 4. The van der Waals surface area contributed by atoms with Gasteiger partial charge >= 0.3 is 0 Å². The van der Waals surface area contributed by atoms with Gasteiger partial charge in [0.2, 0.25) is 5.91 Å². The predicted octanol–water partition coefficient (Wildman–Crippen LogP) is 1.19. The Bertz CT molecular complexity index is 611. The molecule has 0 aromatic heterocycles. The van der Waals surface area contributed by atoms with Crippen LogP contribution in [0.25, 0.3) is 0 Å². The Morgan fingerprint density at radius 1 is 1.33 bits per heavy atom. The molecule has 3 rings (SSSR count). The first-order valence-corrected chi connectivity index (χ1v) is 8.25. The van der Waals surface area contributed by atoms with Crippen molar-refractivity contribution < 1.29 is 23.4 Å². The molecular formula is C17H22F2N2O3. The molecule has 0 spiro atoms. The van der Waals surface area contributed by atoms with E-state index in [0.29, 0.717) is 11.8 Å². The highest BCUT2D eigenvalue weighted by Gasteiger charge is 2.48. The van der Waals surface area contributed by atoms with E-state index in [1.165, 1.54) is 6.07 Å². The van der Waals surface area contributed by atoms with Crippen molar-refractivity contribution >= 4 is 5.91 Å². The summed E-state index contributed by atoms with van der Waals surface area (Å²) in [6.07, 6.45) is 2.21. The molecule has 132 valence electrons. The van der Waals surface area contributed by atoms with Gasteiger partial charge in [0.25, 0.3) is 0 Å². The normalized spacial score (nSPS) is 29.5. The van der Waals surface area contributed by atoms with Crippen LogP contribution >= 0.6 is 0 Å². The lowest BCUT2D eigenvalue weighted by Gasteiger charge is -2.27. The summed E-state index contributed by atoms with van der Waals surface area (Å²) < 4.78 is 31.1. The van der Waals surface area contributed by atoms with Crippen LogP contribution in [0.5, 0.6) is 5.75 Å². The number of aliphatic hydroxyl groups is 1. The summed E-state index contributed by atoms with van der Waals surface area (Å²) in [5.74, 6) is -1.37. The smallest absolute Gasteiger partial charge is 0.225 e. The Kier molecular flexibility index (Phi) is 5.01. The molecule has 1 aromatic carbocycles. The van der Waals surface area contributed by atoms with E-state index in [1.807, 2.05) is 0 Å². The van der Waals surface area contributed by atoms with Crippen molar-refractivity contribution in [2.45, 2.75) is 31.4 Å². The highest BCUT2D eigenvalue weighted by molar-refractivity contribution is 5.80. The molecule has 5 atom stereocenters. The maximum Gasteiger partial charge on any atom is 0.225 e. The second kappa shape index (κ2) is 7.03. The van der Waals surface area contributed by atoms with Gasteiger partial charge in [0, 0.05) is 18.7 Å². The molecule has 1 aromatic rings. The molecule has 2 aliphatic rings. The van der Waals surface area contributed by atoms with Crippen LogP contribution in [0, 0.1) is 29.4 Å². The number of aliphatic hydroxyl groups excluding tert-OH is 1. The Hall–Kier alpha value is -1.73. The zero-order valence-electron chi connectivity index (χ0n) is 13.3. The molecule has 0 aliphatic heterocycles. The second-order valence-electron chi connectivity index (χ2n) is 6.72. The number of rotatable bonds is 6. The minimum atomic E-state index is -1.01. The minimum Gasteiger partial charge on any atom is -0.491 e. The van der Waals surface area contributed by atoms with E-state index in [9.17, 15) is 18.7 Å². The lowest BCUT2D eigenvalue weighted by Crippen LogP contribution is -2.47. The number of carbonyl (C=O) groups excluding carboxylic acids is 1. The number of benzene rings is 1. The lowest BCUT2D eigenvalue weighted by molar-refractivity contribution is -0.127. The Labute approximate surface area is 139 Å². The number of ether oxygens (including phenoxy) is 1. The summed E-state index contributed by atoms with van der Waals surface area (Å²) in [6.45, 7) is -0.1000. The molecule has 5 unspecified atom stereocenters. The van der Waals surface area contributed by atoms with Gasteiger partial charge in [-0.15, -0.1) is 0 Å². The highest BCUT2D eigenvalue weighted by atomic mass is 19.2. The Morgan fingerprint density at radius 2 is 2.08 bits per heavy atom. The van der Waals surface area contributed by atoms with Gasteiger partial charge in [-0.05, 0) is 43.2 Å². The molecule has 0 saturated heterocycles. The third kappa shape index (κ3) is 3.52. The van der Waals surface area contributed by atoms with Crippen molar-refractivity contribution in [1.29, 1.82) is 0 Å². The summed E-state index contributed by atoms with van der Waals surface area (Å²) in [4.78, 5) is 12.3. The van der Waals surface area contributed by atoms with Crippen molar-refractivity contribution in [3.8, 4) is 5.75 Å². The molecule has 2 bridgehead atoms. The van der Waals surface area contributed by atoms with E-state index in [2.05, 4.69) is 5.32 Å². The van der Waals surface area contributed by atoms with Gasteiger partial charge < -0.3 is 20.9 Å². The van der Waals surface area contributed by atoms with Crippen LogP contribution in [-0.2, 0) is 4.79 Å². The van der Waals surface area contributed by atoms with E-state index >= 15 is 0 Å². The summed E-state index contributed by atoms with van der Waals surface area (Å²) in [6, 6.07) is 3.04. The van der Waals surface area contributed by atoms with Crippen LogP contribution in [0.1, 0.15) is 19.3 Å². The van der Waals surface area contributed by atoms with Gasteiger partial charge in [0.1, 0.15) is 18.5 Å². The zero-order valence-corrected chi connectivity index (χ0v) is 13.3. The van der Waals surface area contributed by atoms with Gasteiger partial charge in [-0.2, -0.15) is 0 Å². The number of fused-ring (bicyclic) bond motifs is 2. The summed E-state index contributed by atoms with van der Waals surface area (Å²) in [5.41, 5.74) is 6.12. The molecule has 7 heteroatoms. The fourth-order valence-corrected chi connectivity index (χ4v) is 3.88. The predicted molar refractivity (Wildman–Crippen MR) is 83.2 cm³/mol. The first-order valence-electron chi connectivity index (χ1n) is 8.25. The van der Waals surface area contributed by atoms with E-state index in [0.717, 1.165) is 31.4 Å². The summed E-state index contributed by atoms with van der Waals surface area (Å²) in [7, 11) is 0. The molecule has 24 heavy (non-hydrogen) atoms. The quantitative estimate of drug-likeness (QED) is 0.726. The van der Waals surface area contributed by atoms with Crippen molar-refractivity contribution in [3.05, 3.63) is 29.8 Å². The zero-order chi connectivity index (χ0) is 17.3. The summed E-state index contributed by atoms with van der Waals surface area (Å²) in [5, 5.41) is 12.6. The average Bonchev–Trinajstić information content (AvgIpc) is 3.14. The van der Waals surface area contributed by atoms with Gasteiger partial charge in [-0.25, -0.2) is 8.78 Å². The Balaban J connectivity index is 1.43. The standard InChI is InChI=1S/C17H22F2N2O3/c18-13-4-3-12(6-14(13)19)24-8-11(22)7-21-17(23)15-9-1-2-10(5-9)16(15)20/h3-4,6,9-11,15-16,22H,1-2,5,7-8,20H2,(H,21,23). The first-order chi connectivity index (χ1) is 11.5. The van der Waals surface area contributed by atoms with E-state index in [4.69, 9.17) is 10.5 Å². The monoisotopic (exact) mass is 340 g/mol. The topological polar surface area (TPSA) is 84.6 Å². The number of nitrogens with one attached hydrogen (secondary N) is 1. The molecule has 2 saturated carbocycles. The van der Waals surface area contributed by atoms with E-state index < -0.39 is 17.7 Å². The fraction of sp³-hybridized carbons (Fsp3) is 0.588. The third-order valence-corrected chi connectivity index (χ3v) is 5.13. The fourth-order valence-electron chi connectivity index (χ4n) is 3.88. The van der Waals surface area contributed by atoms with Crippen LogP contribution in [-0.4, -0.2) is 36.3 Å². The Morgan fingerprint density at radius 3 is 2.75 bits per heavy atom. The number of nitrogens with two attached hydrogens (primary N) is 1. The molecule has 1 amide bonds. The third-order valence-electron chi connectivity index (χ3n) is 5.13. The molecule has 4 N–H and O–H groups in total. The number of hydrogen-bond donors (Lipinski definition) is 3. The maximum absolute atomic E-state index is 13.1.